The van der Waals surface area contributed by atoms with E-state index in [1.165, 1.54) is 4.68 Å². The second-order valence-electron chi connectivity index (χ2n) is 2.44. The molecule has 0 saturated heterocycles. The van der Waals surface area contributed by atoms with Crippen LogP contribution in [0.1, 0.15) is 16.2 Å². The monoisotopic (exact) mass is 169 g/mol. The van der Waals surface area contributed by atoms with E-state index in [0.717, 1.165) is 0 Å². The van der Waals surface area contributed by atoms with Crippen molar-refractivity contribution in [1.82, 2.24) is 9.78 Å². The zero-order chi connectivity index (χ0) is 9.14. The Kier molecular flexibility index (Phi) is 2.44. The van der Waals surface area contributed by atoms with Crippen LogP contribution in [0.3, 0.4) is 0 Å². The van der Waals surface area contributed by atoms with Gasteiger partial charge >= 0.3 is 0 Å². The molecule has 2 N–H and O–H groups in total. The average Bonchev–Trinajstić information content (AvgIpc) is 2.32. The fraction of sp³-hybridized carbons (Fsp3) is 0.429. The number of aromatic nitrogens is 2. The van der Waals surface area contributed by atoms with E-state index in [0.29, 0.717) is 18.0 Å². The number of methoxy groups -OCH3 is 1. The van der Waals surface area contributed by atoms with Gasteiger partial charge in [-0.3, -0.25) is 9.48 Å². The van der Waals surface area contributed by atoms with E-state index in [-0.39, 0.29) is 0 Å². The Labute approximate surface area is 70.1 Å². The van der Waals surface area contributed by atoms with E-state index in [2.05, 4.69) is 5.10 Å². The number of aryl methyl sites for hydroxylation is 1. The van der Waals surface area contributed by atoms with Gasteiger partial charge < -0.3 is 10.5 Å². The molecule has 5 heteroatoms. The smallest absolute Gasteiger partial charge is 0.266 e. The summed E-state index contributed by atoms with van der Waals surface area (Å²) in [5, 5.41) is 4.01. The molecule has 0 fully saturated rings. The molecular formula is C7H11N3O2. The van der Waals surface area contributed by atoms with Crippen molar-refractivity contribution in [2.45, 2.75) is 6.61 Å². The third kappa shape index (κ3) is 1.62. The molecule has 66 valence electrons. The highest BCUT2D eigenvalue weighted by Gasteiger charge is 2.08. The molecule has 0 aliphatic rings. The fourth-order valence-corrected chi connectivity index (χ4v) is 0.976. The predicted octanol–water partition coefficient (Wildman–Crippen LogP) is -0.335. The number of ether oxygens (including phenoxy) is 1. The van der Waals surface area contributed by atoms with Crippen LogP contribution in [0.15, 0.2) is 6.07 Å². The first-order chi connectivity index (χ1) is 5.65. The second-order valence-corrected chi connectivity index (χ2v) is 2.44. The van der Waals surface area contributed by atoms with Gasteiger partial charge in [0.1, 0.15) is 5.69 Å². The van der Waals surface area contributed by atoms with Crippen LogP contribution in [0.25, 0.3) is 0 Å². The standard InChI is InChI=1S/C7H11N3O2/c1-10-6(7(8)11)3-5(9-10)4-12-2/h3H,4H2,1-2H3,(H2,8,11). The summed E-state index contributed by atoms with van der Waals surface area (Å²) in [7, 11) is 3.23. The maximum absolute atomic E-state index is 10.8. The van der Waals surface area contributed by atoms with Gasteiger partial charge in [-0.2, -0.15) is 5.10 Å². The Hall–Kier alpha value is -1.36. The fourth-order valence-electron chi connectivity index (χ4n) is 0.976. The molecule has 1 heterocycles. The van der Waals surface area contributed by atoms with Gasteiger partial charge in [0, 0.05) is 14.2 Å². The molecule has 1 rings (SSSR count). The molecular weight excluding hydrogens is 158 g/mol. The highest BCUT2D eigenvalue weighted by molar-refractivity contribution is 5.91. The van der Waals surface area contributed by atoms with Crippen LogP contribution < -0.4 is 5.73 Å². The lowest BCUT2D eigenvalue weighted by Crippen LogP contribution is -2.15. The predicted molar refractivity (Wildman–Crippen MR) is 42.4 cm³/mol. The van der Waals surface area contributed by atoms with Crippen molar-refractivity contribution in [2.75, 3.05) is 7.11 Å². The van der Waals surface area contributed by atoms with Crippen molar-refractivity contribution in [3.8, 4) is 0 Å². The first-order valence-corrected chi connectivity index (χ1v) is 3.47. The molecule has 0 atom stereocenters. The lowest BCUT2D eigenvalue weighted by Gasteiger charge is -1.92. The molecule has 0 aliphatic carbocycles. The first kappa shape index (κ1) is 8.73. The minimum atomic E-state index is -0.479. The Bertz CT molecular complexity index is 293. The topological polar surface area (TPSA) is 70.1 Å². The average molecular weight is 169 g/mol. The van der Waals surface area contributed by atoms with E-state index < -0.39 is 5.91 Å². The van der Waals surface area contributed by atoms with E-state index in [1.807, 2.05) is 0 Å². The second kappa shape index (κ2) is 3.36. The molecule has 1 aromatic rings. The molecule has 0 radical (unpaired) electrons. The number of amides is 1. The van der Waals surface area contributed by atoms with Crippen molar-refractivity contribution in [3.63, 3.8) is 0 Å². The zero-order valence-electron chi connectivity index (χ0n) is 7.07. The highest BCUT2D eigenvalue weighted by Crippen LogP contribution is 2.02. The maximum Gasteiger partial charge on any atom is 0.266 e. The van der Waals surface area contributed by atoms with Crippen LogP contribution >= 0.6 is 0 Å². The molecule has 5 nitrogen and oxygen atoms in total. The molecule has 0 bridgehead atoms. The molecule has 1 aromatic heterocycles. The van der Waals surface area contributed by atoms with Crippen LogP contribution in [0, 0.1) is 0 Å². The lowest BCUT2D eigenvalue weighted by molar-refractivity contribution is 0.0991. The number of primary amides is 1. The van der Waals surface area contributed by atoms with Gasteiger partial charge in [-0.15, -0.1) is 0 Å². The summed E-state index contributed by atoms with van der Waals surface area (Å²) in [5.74, 6) is -0.479. The molecule has 0 aliphatic heterocycles. The van der Waals surface area contributed by atoms with E-state index >= 15 is 0 Å². The van der Waals surface area contributed by atoms with Crippen LogP contribution in [-0.2, 0) is 18.4 Å². The summed E-state index contributed by atoms with van der Waals surface area (Å²) in [6.07, 6.45) is 0. The number of carbonyl (C=O) groups is 1. The van der Waals surface area contributed by atoms with Gasteiger partial charge in [-0.25, -0.2) is 0 Å². The number of hydrogen-bond acceptors (Lipinski definition) is 3. The number of rotatable bonds is 3. The van der Waals surface area contributed by atoms with Crippen LogP contribution in [0.4, 0.5) is 0 Å². The van der Waals surface area contributed by atoms with E-state index in [9.17, 15) is 4.79 Å². The van der Waals surface area contributed by atoms with Crippen molar-refractivity contribution in [2.24, 2.45) is 12.8 Å². The largest absolute Gasteiger partial charge is 0.378 e. The van der Waals surface area contributed by atoms with Gasteiger partial charge in [-0.1, -0.05) is 0 Å². The van der Waals surface area contributed by atoms with E-state index in [1.54, 1.807) is 20.2 Å². The summed E-state index contributed by atoms with van der Waals surface area (Å²) in [5.41, 5.74) is 6.18. The summed E-state index contributed by atoms with van der Waals surface area (Å²) in [6.45, 7) is 0.390. The van der Waals surface area contributed by atoms with E-state index in [4.69, 9.17) is 10.5 Å². The maximum atomic E-state index is 10.8. The summed E-state index contributed by atoms with van der Waals surface area (Å²) in [4.78, 5) is 10.8. The number of hydrogen-bond donors (Lipinski definition) is 1. The molecule has 0 saturated carbocycles. The normalized spacial score (nSPS) is 10.2. The van der Waals surface area contributed by atoms with Gasteiger partial charge in [0.2, 0.25) is 0 Å². The van der Waals surface area contributed by atoms with Crippen LogP contribution in [-0.4, -0.2) is 22.8 Å². The van der Waals surface area contributed by atoms with Crippen molar-refractivity contribution in [1.29, 1.82) is 0 Å². The zero-order valence-corrected chi connectivity index (χ0v) is 7.07. The van der Waals surface area contributed by atoms with Crippen LogP contribution in [0.2, 0.25) is 0 Å². The van der Waals surface area contributed by atoms with Crippen molar-refractivity contribution < 1.29 is 9.53 Å². The number of nitrogens with two attached hydrogens (primary N) is 1. The Balaban J connectivity index is 2.92. The first-order valence-electron chi connectivity index (χ1n) is 3.47. The number of nitrogens with zero attached hydrogens (tertiary/aromatic N) is 2. The Morgan fingerprint density at radius 1 is 1.83 bits per heavy atom. The van der Waals surface area contributed by atoms with Gasteiger partial charge in [0.15, 0.2) is 0 Å². The molecule has 0 unspecified atom stereocenters. The lowest BCUT2D eigenvalue weighted by atomic mass is 10.3. The van der Waals surface area contributed by atoms with Gasteiger partial charge in [0.25, 0.3) is 5.91 Å². The SMILES string of the molecule is COCc1cc(C(N)=O)n(C)n1. The Morgan fingerprint density at radius 2 is 2.50 bits per heavy atom. The third-order valence-electron chi connectivity index (χ3n) is 1.48. The number of carbonyl (C=O) groups excluding carboxylic acids is 1. The molecule has 0 aromatic carbocycles. The molecule has 0 spiro atoms. The highest BCUT2D eigenvalue weighted by atomic mass is 16.5. The quantitative estimate of drug-likeness (QED) is 0.673. The minimum Gasteiger partial charge on any atom is -0.378 e. The van der Waals surface area contributed by atoms with Gasteiger partial charge in [-0.05, 0) is 6.07 Å². The van der Waals surface area contributed by atoms with Gasteiger partial charge in [0.05, 0.1) is 12.3 Å². The Morgan fingerprint density at radius 3 is 2.92 bits per heavy atom. The molecule has 1 amide bonds. The third-order valence-corrected chi connectivity index (χ3v) is 1.48. The minimum absolute atomic E-state index is 0.390. The summed E-state index contributed by atoms with van der Waals surface area (Å²) < 4.78 is 6.29. The molecule has 12 heavy (non-hydrogen) atoms. The van der Waals surface area contributed by atoms with Crippen molar-refractivity contribution >= 4 is 5.91 Å². The van der Waals surface area contributed by atoms with Crippen molar-refractivity contribution in [3.05, 3.63) is 17.5 Å². The summed E-state index contributed by atoms with van der Waals surface area (Å²) >= 11 is 0. The summed E-state index contributed by atoms with van der Waals surface area (Å²) in [6, 6.07) is 1.62. The van der Waals surface area contributed by atoms with Crippen LogP contribution in [0.5, 0.6) is 0 Å².